The third kappa shape index (κ3) is 4.88. The Balaban J connectivity index is 1.70. The molecule has 2 aromatic carbocycles. The molecule has 1 saturated heterocycles. The maximum atomic E-state index is 12.9. The predicted octanol–water partition coefficient (Wildman–Crippen LogP) is 2.59. The van der Waals surface area contributed by atoms with Crippen molar-refractivity contribution in [3.05, 3.63) is 69.8 Å². The number of anilines is 1. The molecule has 2 aromatic rings. The molecule has 9 nitrogen and oxygen atoms in total. The van der Waals surface area contributed by atoms with Gasteiger partial charge in [0, 0.05) is 29.4 Å². The van der Waals surface area contributed by atoms with Crippen molar-refractivity contribution in [2.24, 2.45) is 0 Å². The lowest BCUT2D eigenvalue weighted by atomic mass is 10.1. The van der Waals surface area contributed by atoms with E-state index in [0.717, 1.165) is 5.56 Å². The third-order valence-corrected chi connectivity index (χ3v) is 5.15. The van der Waals surface area contributed by atoms with E-state index in [0.29, 0.717) is 5.69 Å². The van der Waals surface area contributed by atoms with Gasteiger partial charge in [-0.3, -0.25) is 29.4 Å². The fourth-order valence-electron chi connectivity index (χ4n) is 3.29. The third-order valence-electron chi connectivity index (χ3n) is 5.15. The lowest BCUT2D eigenvalue weighted by Gasteiger charge is -2.28. The zero-order valence-corrected chi connectivity index (χ0v) is 17.6. The fraction of sp³-hybridized carbons (Fsp3) is 0.318. The van der Waals surface area contributed by atoms with Gasteiger partial charge in [0.05, 0.1) is 4.92 Å². The first-order chi connectivity index (χ1) is 14.7. The molecule has 3 amide bonds. The number of carbonyl (C=O) groups is 3. The average molecular weight is 424 g/mol. The second-order valence-corrected chi connectivity index (χ2v) is 7.72. The number of rotatable bonds is 6. The highest BCUT2D eigenvalue weighted by molar-refractivity contribution is 6.01. The van der Waals surface area contributed by atoms with Crippen LogP contribution in [0.25, 0.3) is 0 Å². The second kappa shape index (κ2) is 8.95. The Hall–Kier alpha value is -3.75. The summed E-state index contributed by atoms with van der Waals surface area (Å²) >= 11 is 0. The molecule has 162 valence electrons. The lowest BCUT2D eigenvalue weighted by Crippen LogP contribution is -2.45. The van der Waals surface area contributed by atoms with Gasteiger partial charge in [0.25, 0.3) is 11.6 Å². The van der Waals surface area contributed by atoms with Gasteiger partial charge in [-0.15, -0.1) is 0 Å². The number of hydrogen-bond acceptors (Lipinski definition) is 5. The molecule has 3 rings (SSSR count). The van der Waals surface area contributed by atoms with Crippen molar-refractivity contribution in [1.29, 1.82) is 0 Å². The first kappa shape index (κ1) is 21.9. The van der Waals surface area contributed by atoms with Crippen molar-refractivity contribution in [1.82, 2.24) is 9.80 Å². The molecular formula is C22H24N4O5. The maximum Gasteiger partial charge on any atom is 0.269 e. The molecule has 0 N–H and O–H groups in total. The van der Waals surface area contributed by atoms with E-state index >= 15 is 0 Å². The quantitative estimate of drug-likeness (QED) is 0.524. The first-order valence-corrected chi connectivity index (χ1v) is 9.87. The molecule has 1 aliphatic rings. The number of non-ortho nitro benzene ring substituents is 1. The summed E-state index contributed by atoms with van der Waals surface area (Å²) in [7, 11) is 0. The normalized spacial score (nSPS) is 13.6. The molecular weight excluding hydrogens is 400 g/mol. The number of nitro groups is 1. The standard InChI is InChI=1S/C22H24N4O5/c1-15(2)24(22(29)17-6-10-19(11-7-17)26(30)31)13-20(27)23-12-21(28)25(14-23)18-8-4-16(3)5-9-18/h4-11,15H,12-14H2,1-3H3. The van der Waals surface area contributed by atoms with E-state index < -0.39 is 10.8 Å². The molecule has 1 heterocycles. The predicted molar refractivity (Wildman–Crippen MR) is 115 cm³/mol. The molecule has 0 bridgehead atoms. The van der Waals surface area contributed by atoms with Crippen molar-refractivity contribution in [2.75, 3.05) is 24.7 Å². The number of hydrogen-bond donors (Lipinski definition) is 0. The highest BCUT2D eigenvalue weighted by Gasteiger charge is 2.33. The summed E-state index contributed by atoms with van der Waals surface area (Å²) in [6.45, 7) is 5.40. The Morgan fingerprint density at radius 2 is 1.71 bits per heavy atom. The van der Waals surface area contributed by atoms with E-state index in [2.05, 4.69) is 0 Å². The fourth-order valence-corrected chi connectivity index (χ4v) is 3.29. The summed E-state index contributed by atoms with van der Waals surface area (Å²) in [5, 5.41) is 10.8. The van der Waals surface area contributed by atoms with Crippen LogP contribution < -0.4 is 4.90 Å². The largest absolute Gasteiger partial charge is 0.327 e. The van der Waals surface area contributed by atoms with Crippen LogP contribution in [0.4, 0.5) is 11.4 Å². The highest BCUT2D eigenvalue weighted by Crippen LogP contribution is 2.21. The minimum atomic E-state index is -0.540. The van der Waals surface area contributed by atoms with Gasteiger partial charge in [-0.2, -0.15) is 0 Å². The minimum Gasteiger partial charge on any atom is -0.327 e. The molecule has 9 heteroatoms. The Labute approximate surface area is 180 Å². The Bertz CT molecular complexity index is 1000. The van der Waals surface area contributed by atoms with Gasteiger partial charge in [-0.1, -0.05) is 17.7 Å². The average Bonchev–Trinajstić information content (AvgIpc) is 3.13. The van der Waals surface area contributed by atoms with E-state index in [1.54, 1.807) is 13.8 Å². The number of benzene rings is 2. The molecule has 0 aliphatic carbocycles. The minimum absolute atomic E-state index is 0.0512. The van der Waals surface area contributed by atoms with Crippen molar-refractivity contribution < 1.29 is 19.3 Å². The summed E-state index contributed by atoms with van der Waals surface area (Å²) in [4.78, 5) is 52.8. The zero-order chi connectivity index (χ0) is 22.7. The monoisotopic (exact) mass is 424 g/mol. The van der Waals surface area contributed by atoms with E-state index in [4.69, 9.17) is 0 Å². The van der Waals surface area contributed by atoms with Gasteiger partial charge in [0.1, 0.15) is 19.8 Å². The number of aryl methyl sites for hydroxylation is 1. The van der Waals surface area contributed by atoms with Gasteiger partial charge in [-0.25, -0.2) is 0 Å². The van der Waals surface area contributed by atoms with Crippen molar-refractivity contribution in [3.63, 3.8) is 0 Å². The molecule has 0 saturated carbocycles. The van der Waals surface area contributed by atoms with Crippen molar-refractivity contribution >= 4 is 29.1 Å². The van der Waals surface area contributed by atoms with Crippen LogP contribution in [0.15, 0.2) is 48.5 Å². The van der Waals surface area contributed by atoms with Crippen LogP contribution in [0.5, 0.6) is 0 Å². The van der Waals surface area contributed by atoms with Crippen LogP contribution in [0.1, 0.15) is 29.8 Å². The van der Waals surface area contributed by atoms with Crippen LogP contribution in [0.3, 0.4) is 0 Å². The van der Waals surface area contributed by atoms with Gasteiger partial charge < -0.3 is 9.80 Å². The maximum absolute atomic E-state index is 12.9. The van der Waals surface area contributed by atoms with Gasteiger partial charge >= 0.3 is 0 Å². The topological polar surface area (TPSA) is 104 Å². The SMILES string of the molecule is Cc1ccc(N2CN(C(=O)CN(C(=O)c3ccc([N+](=O)[O-])cc3)C(C)C)CC2=O)cc1. The molecule has 0 aromatic heterocycles. The van der Waals surface area contributed by atoms with E-state index in [1.165, 1.54) is 39.0 Å². The highest BCUT2D eigenvalue weighted by atomic mass is 16.6. The van der Waals surface area contributed by atoms with Crippen molar-refractivity contribution in [3.8, 4) is 0 Å². The molecule has 0 atom stereocenters. The summed E-state index contributed by atoms with van der Waals surface area (Å²) < 4.78 is 0. The van der Waals surface area contributed by atoms with Gasteiger partial charge in [-0.05, 0) is 45.0 Å². The van der Waals surface area contributed by atoms with Crippen LogP contribution in [-0.2, 0) is 9.59 Å². The van der Waals surface area contributed by atoms with Crippen LogP contribution in [0.2, 0.25) is 0 Å². The van der Waals surface area contributed by atoms with E-state index in [9.17, 15) is 24.5 Å². The number of amides is 3. The molecule has 31 heavy (non-hydrogen) atoms. The summed E-state index contributed by atoms with van der Waals surface area (Å²) in [5.41, 5.74) is 1.93. The molecule has 1 fully saturated rings. The number of carbonyl (C=O) groups excluding carboxylic acids is 3. The van der Waals surface area contributed by atoms with Crippen LogP contribution >= 0.6 is 0 Å². The second-order valence-electron chi connectivity index (χ2n) is 7.72. The number of nitrogens with zero attached hydrogens (tertiary/aromatic N) is 4. The summed E-state index contributed by atoms with van der Waals surface area (Å²) in [6.07, 6.45) is 0. The summed E-state index contributed by atoms with van der Waals surface area (Å²) in [5.74, 6) is -0.930. The van der Waals surface area contributed by atoms with Crippen molar-refractivity contribution in [2.45, 2.75) is 26.8 Å². The molecule has 0 radical (unpaired) electrons. The zero-order valence-electron chi connectivity index (χ0n) is 17.6. The molecule has 0 unspecified atom stereocenters. The Morgan fingerprint density at radius 1 is 1.10 bits per heavy atom. The number of nitro benzene ring substituents is 1. The van der Waals surface area contributed by atoms with Crippen LogP contribution in [0, 0.1) is 17.0 Å². The molecule has 1 aliphatic heterocycles. The molecule has 0 spiro atoms. The van der Waals surface area contributed by atoms with Gasteiger partial charge in [0.2, 0.25) is 11.8 Å². The van der Waals surface area contributed by atoms with E-state index in [-0.39, 0.29) is 48.9 Å². The first-order valence-electron chi connectivity index (χ1n) is 9.87. The Kier molecular flexibility index (Phi) is 6.33. The van der Waals surface area contributed by atoms with E-state index in [1.807, 2.05) is 31.2 Å². The Morgan fingerprint density at radius 3 is 2.26 bits per heavy atom. The summed E-state index contributed by atoms with van der Waals surface area (Å²) in [6, 6.07) is 12.4. The van der Waals surface area contributed by atoms with Crippen LogP contribution in [-0.4, -0.2) is 58.2 Å². The smallest absolute Gasteiger partial charge is 0.269 e. The van der Waals surface area contributed by atoms with Gasteiger partial charge in [0.15, 0.2) is 0 Å². The lowest BCUT2D eigenvalue weighted by molar-refractivity contribution is -0.384.